The highest BCUT2D eigenvalue weighted by molar-refractivity contribution is 7.99. The van der Waals surface area contributed by atoms with Crippen LogP contribution in [0.2, 0.25) is 0 Å². The molecule has 7 nitrogen and oxygen atoms in total. The highest BCUT2D eigenvalue weighted by atomic mass is 32.2. The number of unbranched alkanes of at least 4 members (excludes halogenated alkanes) is 10. The van der Waals surface area contributed by atoms with E-state index in [0.29, 0.717) is 19.4 Å². The lowest BCUT2D eigenvalue weighted by atomic mass is 9.86. The maximum absolute atomic E-state index is 12.8. The molecule has 2 saturated carbocycles. The lowest BCUT2D eigenvalue weighted by Gasteiger charge is -2.27. The molecule has 3 unspecified atom stereocenters. The molecule has 0 bridgehead atoms. The maximum atomic E-state index is 12.8. The Hall–Kier alpha value is -0.480. The van der Waals surface area contributed by atoms with Gasteiger partial charge >= 0.3 is 11.9 Å². The Bertz CT molecular complexity index is 925. The summed E-state index contributed by atoms with van der Waals surface area (Å²) in [7, 11) is 4.17. The van der Waals surface area contributed by atoms with E-state index < -0.39 is 0 Å². The van der Waals surface area contributed by atoms with Gasteiger partial charge in [0.2, 0.25) is 0 Å². The molecule has 0 aliphatic heterocycles. The van der Waals surface area contributed by atoms with Crippen LogP contribution >= 0.6 is 23.5 Å². The Morgan fingerprint density at radius 2 is 0.967 bits per heavy atom. The van der Waals surface area contributed by atoms with E-state index in [9.17, 15) is 9.59 Å². The van der Waals surface area contributed by atoms with Crippen molar-refractivity contribution in [2.45, 2.75) is 251 Å². The van der Waals surface area contributed by atoms with Crippen molar-refractivity contribution in [2.75, 3.05) is 50.3 Å². The summed E-state index contributed by atoms with van der Waals surface area (Å²) in [6.45, 7) is 7.99. The van der Waals surface area contributed by atoms with Crippen LogP contribution in [0.25, 0.3) is 0 Å². The van der Waals surface area contributed by atoms with Crippen LogP contribution in [0.15, 0.2) is 0 Å². The van der Waals surface area contributed by atoms with Crippen LogP contribution in [-0.2, 0) is 28.5 Å². The van der Waals surface area contributed by atoms with Gasteiger partial charge in [0.1, 0.15) is 12.2 Å². The predicted molar refractivity (Wildman–Crippen MR) is 259 cm³/mol. The van der Waals surface area contributed by atoms with Crippen molar-refractivity contribution < 1.29 is 28.5 Å². The number of ether oxygens (including phenoxy) is 4. The van der Waals surface area contributed by atoms with E-state index >= 15 is 0 Å². The van der Waals surface area contributed by atoms with E-state index in [1.54, 1.807) is 0 Å². The fourth-order valence-corrected chi connectivity index (χ4v) is 11.2. The molecule has 0 amide bonds. The highest BCUT2D eigenvalue weighted by Crippen LogP contribution is 2.29. The smallest absolute Gasteiger partial charge is 0.306 e. The van der Waals surface area contributed by atoms with Crippen molar-refractivity contribution in [3.63, 3.8) is 0 Å². The Kier molecular flexibility index (Phi) is 36.1. The van der Waals surface area contributed by atoms with Crippen molar-refractivity contribution in [3.8, 4) is 0 Å². The molecule has 2 aliphatic rings. The summed E-state index contributed by atoms with van der Waals surface area (Å²) in [4.78, 5) is 27.8. The van der Waals surface area contributed by atoms with E-state index in [1.807, 2.05) is 23.5 Å². The maximum Gasteiger partial charge on any atom is 0.306 e. The zero-order valence-electron chi connectivity index (χ0n) is 40.0. The number of hydrogen-bond acceptors (Lipinski definition) is 9. The van der Waals surface area contributed by atoms with Crippen molar-refractivity contribution in [1.82, 2.24) is 4.90 Å². The molecule has 0 spiro atoms. The first-order chi connectivity index (χ1) is 29.3. The molecular formula is C51H97NO6S2. The van der Waals surface area contributed by atoms with Gasteiger partial charge < -0.3 is 23.8 Å². The average Bonchev–Trinajstić information content (AvgIpc) is 3.24. The third kappa shape index (κ3) is 31.4. The summed E-state index contributed by atoms with van der Waals surface area (Å²) in [6.07, 6.45) is 37.6. The number of hydrogen-bond donors (Lipinski definition) is 0. The Balaban J connectivity index is 1.73. The number of thioether (sulfide) groups is 2. The van der Waals surface area contributed by atoms with Crippen molar-refractivity contribution in [2.24, 2.45) is 11.8 Å². The lowest BCUT2D eigenvalue weighted by Crippen LogP contribution is -2.34. The van der Waals surface area contributed by atoms with E-state index in [-0.39, 0.29) is 36.5 Å². The number of carbonyl (C=O) groups excluding carboxylic acids is 2. The van der Waals surface area contributed by atoms with Gasteiger partial charge in [-0.15, -0.1) is 0 Å². The SMILES string of the molecule is CCCCCCC(CSCCCCCC(CCCCCSCC(CCCCCC)OC(=O)CCC1CCCCC1)OC(CN(C)C)OCC)OC(=O)CCC1CCCCC1. The normalized spacial score (nSPS) is 17.4. The van der Waals surface area contributed by atoms with Gasteiger partial charge in [0.15, 0.2) is 6.29 Å². The molecule has 354 valence electrons. The van der Waals surface area contributed by atoms with Gasteiger partial charge in [-0.2, -0.15) is 23.5 Å². The first kappa shape index (κ1) is 55.7. The molecule has 60 heavy (non-hydrogen) atoms. The van der Waals surface area contributed by atoms with Gasteiger partial charge in [0.05, 0.1) is 6.10 Å². The molecule has 0 aromatic heterocycles. The van der Waals surface area contributed by atoms with Gasteiger partial charge in [0.25, 0.3) is 0 Å². The van der Waals surface area contributed by atoms with Crippen LogP contribution in [-0.4, -0.2) is 91.7 Å². The topological polar surface area (TPSA) is 74.3 Å². The number of likely N-dealkylation sites (N-methyl/N-ethyl adjacent to an activating group) is 1. The molecule has 0 radical (unpaired) electrons. The molecule has 0 heterocycles. The van der Waals surface area contributed by atoms with Gasteiger partial charge in [-0.3, -0.25) is 9.59 Å². The Morgan fingerprint density at radius 3 is 1.37 bits per heavy atom. The number of esters is 2. The van der Waals surface area contributed by atoms with Crippen LogP contribution in [0.1, 0.15) is 226 Å². The average molecular weight is 884 g/mol. The van der Waals surface area contributed by atoms with Crippen LogP contribution in [0.4, 0.5) is 0 Å². The van der Waals surface area contributed by atoms with Crippen LogP contribution < -0.4 is 0 Å². The minimum atomic E-state index is -0.194. The molecule has 2 aliphatic carbocycles. The summed E-state index contributed by atoms with van der Waals surface area (Å²) in [5, 5.41) is 0. The zero-order valence-corrected chi connectivity index (χ0v) is 41.7. The fraction of sp³-hybridized carbons (Fsp3) is 0.961. The minimum Gasteiger partial charge on any atom is -0.461 e. The second-order valence-corrected chi connectivity index (χ2v) is 21.1. The second-order valence-electron chi connectivity index (χ2n) is 18.8. The second kappa shape index (κ2) is 38.9. The van der Waals surface area contributed by atoms with Crippen LogP contribution in [0.5, 0.6) is 0 Å². The summed E-state index contributed by atoms with van der Waals surface area (Å²) < 4.78 is 24.9. The number of carbonyl (C=O) groups is 2. The van der Waals surface area contributed by atoms with E-state index in [1.165, 1.54) is 128 Å². The molecule has 9 heteroatoms. The zero-order chi connectivity index (χ0) is 43.3. The summed E-state index contributed by atoms with van der Waals surface area (Å²) in [6, 6.07) is 0. The molecule has 0 aromatic rings. The molecule has 0 saturated heterocycles. The Morgan fingerprint density at radius 1 is 0.550 bits per heavy atom. The van der Waals surface area contributed by atoms with E-state index in [0.717, 1.165) is 106 Å². The fourth-order valence-electron chi connectivity index (χ4n) is 9.08. The van der Waals surface area contributed by atoms with Gasteiger partial charge in [-0.1, -0.05) is 142 Å². The largest absolute Gasteiger partial charge is 0.461 e. The quantitative estimate of drug-likeness (QED) is 0.0340. The van der Waals surface area contributed by atoms with Gasteiger partial charge in [0, 0.05) is 37.5 Å². The third-order valence-corrected chi connectivity index (χ3v) is 15.1. The van der Waals surface area contributed by atoms with Crippen LogP contribution in [0.3, 0.4) is 0 Å². The summed E-state index contributed by atoms with van der Waals surface area (Å²) in [5.41, 5.74) is 0. The molecule has 0 aromatic carbocycles. The standard InChI is InChI=1S/C51H97NO6S2/c1-6-9-11-21-33-47(56-49(53)37-35-44-27-17-13-18-28-44)42-59-39-25-15-23-31-46(58-51(55-8-3)41-52(4)5)32-24-16-26-40-60-43-48(34-22-12-10-7-2)57-50(54)38-36-45-29-19-14-20-30-45/h44-48,51H,6-43H2,1-5H3. The molecule has 3 atom stereocenters. The monoisotopic (exact) mass is 884 g/mol. The van der Waals surface area contributed by atoms with Crippen molar-refractivity contribution in [3.05, 3.63) is 0 Å². The predicted octanol–water partition coefficient (Wildman–Crippen LogP) is 14.4. The van der Waals surface area contributed by atoms with Gasteiger partial charge in [-0.05, 0) is 109 Å². The first-order valence-electron chi connectivity index (χ1n) is 25.8. The third-order valence-electron chi connectivity index (χ3n) is 12.8. The number of rotatable bonds is 40. The summed E-state index contributed by atoms with van der Waals surface area (Å²) >= 11 is 3.95. The first-order valence-corrected chi connectivity index (χ1v) is 28.1. The molecular weight excluding hydrogens is 787 g/mol. The number of nitrogens with zero attached hydrogens (tertiary/aromatic N) is 1. The highest BCUT2D eigenvalue weighted by Gasteiger charge is 2.21. The Labute approximate surface area is 380 Å². The lowest BCUT2D eigenvalue weighted by molar-refractivity contribution is -0.177. The van der Waals surface area contributed by atoms with Crippen molar-refractivity contribution in [1.29, 1.82) is 0 Å². The molecule has 2 fully saturated rings. The molecule has 0 N–H and O–H groups in total. The van der Waals surface area contributed by atoms with Crippen molar-refractivity contribution >= 4 is 35.5 Å². The van der Waals surface area contributed by atoms with Crippen LogP contribution in [0, 0.1) is 11.8 Å². The summed E-state index contributed by atoms with van der Waals surface area (Å²) in [5.74, 6) is 5.61. The van der Waals surface area contributed by atoms with E-state index in [2.05, 4.69) is 39.8 Å². The van der Waals surface area contributed by atoms with Gasteiger partial charge in [-0.25, -0.2) is 0 Å². The minimum absolute atomic E-state index is 0.0330. The molecule has 2 rings (SSSR count). The van der Waals surface area contributed by atoms with E-state index in [4.69, 9.17) is 18.9 Å².